The van der Waals surface area contributed by atoms with E-state index in [1.165, 1.54) is 5.39 Å². The zero-order valence-electron chi connectivity index (χ0n) is 11.3. The molecular weight excluding hydrogens is 284 g/mol. The molecule has 3 nitrogen and oxygen atoms in total. The number of hydrogen-bond donors (Lipinski definition) is 0. The predicted molar refractivity (Wildman–Crippen MR) is 83.0 cm³/mol. The summed E-state index contributed by atoms with van der Waals surface area (Å²) in [5.74, 6) is 2.50. The van der Waals surface area contributed by atoms with E-state index in [1.54, 1.807) is 6.07 Å². The van der Waals surface area contributed by atoms with Gasteiger partial charge in [0, 0.05) is 12.0 Å². The van der Waals surface area contributed by atoms with E-state index in [2.05, 4.69) is 22.1 Å². The van der Waals surface area contributed by atoms with Crippen LogP contribution in [-0.2, 0) is 0 Å². The molecule has 0 bridgehead atoms. The predicted octanol–water partition coefficient (Wildman–Crippen LogP) is 4.95. The van der Waals surface area contributed by atoms with Gasteiger partial charge >= 0.3 is 0 Å². The smallest absolute Gasteiger partial charge is 0.224 e. The van der Waals surface area contributed by atoms with Crippen LogP contribution in [0.3, 0.4) is 0 Å². The molecule has 0 N–H and O–H groups in total. The molecule has 0 aliphatic heterocycles. The standard InChI is InChI=1S/C17H13ClN2O/c18-15-10-16(20-17(19-15)12-5-6-12)21-14-8-7-11-3-1-2-4-13(11)9-14/h1-4,7-10,12H,5-6H2. The Morgan fingerprint density at radius 2 is 1.76 bits per heavy atom. The van der Waals surface area contributed by atoms with Crippen LogP contribution in [0.2, 0.25) is 5.15 Å². The minimum absolute atomic E-state index is 0.433. The number of rotatable bonds is 3. The highest BCUT2D eigenvalue weighted by Crippen LogP contribution is 2.39. The second-order valence-corrected chi connectivity index (χ2v) is 5.66. The van der Waals surface area contributed by atoms with Gasteiger partial charge in [-0.05, 0) is 35.7 Å². The molecule has 4 rings (SSSR count). The van der Waals surface area contributed by atoms with Crippen molar-refractivity contribution >= 4 is 22.4 Å². The number of nitrogens with zero attached hydrogens (tertiary/aromatic N) is 2. The highest BCUT2D eigenvalue weighted by molar-refractivity contribution is 6.29. The van der Waals surface area contributed by atoms with Crippen molar-refractivity contribution in [2.24, 2.45) is 0 Å². The first-order valence-corrected chi connectivity index (χ1v) is 7.37. The first kappa shape index (κ1) is 12.6. The average Bonchev–Trinajstić information content (AvgIpc) is 3.31. The maximum Gasteiger partial charge on any atom is 0.224 e. The fourth-order valence-corrected chi connectivity index (χ4v) is 2.52. The molecule has 2 aromatic carbocycles. The van der Waals surface area contributed by atoms with Gasteiger partial charge < -0.3 is 4.74 Å². The number of fused-ring (bicyclic) bond motifs is 1. The summed E-state index contributed by atoms with van der Waals surface area (Å²) in [7, 11) is 0. The summed E-state index contributed by atoms with van der Waals surface area (Å²) < 4.78 is 5.85. The SMILES string of the molecule is Clc1cc(Oc2ccc3ccccc3c2)nc(C2CC2)n1. The Bertz CT molecular complexity index is 815. The van der Waals surface area contributed by atoms with E-state index in [9.17, 15) is 0 Å². The van der Waals surface area contributed by atoms with Crippen molar-refractivity contribution in [1.82, 2.24) is 9.97 Å². The van der Waals surface area contributed by atoms with Crippen molar-refractivity contribution in [2.45, 2.75) is 18.8 Å². The molecule has 1 aliphatic carbocycles. The number of benzene rings is 2. The summed E-state index contributed by atoms with van der Waals surface area (Å²) in [6.07, 6.45) is 2.27. The van der Waals surface area contributed by atoms with E-state index in [0.717, 1.165) is 29.8 Å². The van der Waals surface area contributed by atoms with Crippen LogP contribution >= 0.6 is 11.6 Å². The highest BCUT2D eigenvalue weighted by atomic mass is 35.5. The maximum absolute atomic E-state index is 6.05. The van der Waals surface area contributed by atoms with Crippen molar-refractivity contribution in [2.75, 3.05) is 0 Å². The molecule has 104 valence electrons. The van der Waals surface area contributed by atoms with Crippen molar-refractivity contribution < 1.29 is 4.74 Å². The average molecular weight is 297 g/mol. The third-order valence-corrected chi connectivity index (χ3v) is 3.77. The van der Waals surface area contributed by atoms with Gasteiger partial charge in [-0.15, -0.1) is 0 Å². The number of aromatic nitrogens is 2. The van der Waals surface area contributed by atoms with Crippen molar-refractivity contribution in [3.8, 4) is 11.6 Å². The normalized spacial score (nSPS) is 14.3. The van der Waals surface area contributed by atoms with E-state index in [1.807, 2.05) is 30.3 Å². The van der Waals surface area contributed by atoms with E-state index in [0.29, 0.717) is 17.0 Å². The van der Waals surface area contributed by atoms with Crippen LogP contribution in [0.4, 0.5) is 0 Å². The lowest BCUT2D eigenvalue weighted by molar-refractivity contribution is 0.459. The monoisotopic (exact) mass is 296 g/mol. The fraction of sp³-hybridized carbons (Fsp3) is 0.176. The minimum Gasteiger partial charge on any atom is -0.439 e. The van der Waals surface area contributed by atoms with Crippen LogP contribution in [-0.4, -0.2) is 9.97 Å². The summed E-state index contributed by atoms with van der Waals surface area (Å²) in [6.45, 7) is 0. The van der Waals surface area contributed by atoms with E-state index < -0.39 is 0 Å². The Kier molecular flexibility index (Phi) is 3.00. The van der Waals surface area contributed by atoms with Crippen molar-refractivity contribution in [3.63, 3.8) is 0 Å². The van der Waals surface area contributed by atoms with Gasteiger partial charge in [0.25, 0.3) is 0 Å². The van der Waals surface area contributed by atoms with Crippen molar-refractivity contribution in [1.29, 1.82) is 0 Å². The third kappa shape index (κ3) is 2.69. The van der Waals surface area contributed by atoms with Crippen LogP contribution in [0.1, 0.15) is 24.6 Å². The summed E-state index contributed by atoms with van der Waals surface area (Å²) in [6, 6.07) is 15.8. The lowest BCUT2D eigenvalue weighted by atomic mass is 10.1. The Morgan fingerprint density at radius 1 is 0.952 bits per heavy atom. The maximum atomic E-state index is 6.05. The Morgan fingerprint density at radius 3 is 2.57 bits per heavy atom. The second kappa shape index (κ2) is 5.01. The van der Waals surface area contributed by atoms with Gasteiger partial charge in [0.2, 0.25) is 5.88 Å². The second-order valence-electron chi connectivity index (χ2n) is 5.27. The molecule has 0 unspecified atom stereocenters. The topological polar surface area (TPSA) is 35.0 Å². The zero-order chi connectivity index (χ0) is 14.2. The molecule has 3 aromatic rings. The third-order valence-electron chi connectivity index (χ3n) is 3.57. The Balaban J connectivity index is 1.67. The molecule has 1 fully saturated rings. The van der Waals surface area contributed by atoms with Crippen LogP contribution in [0.25, 0.3) is 10.8 Å². The molecule has 0 atom stereocenters. The molecule has 1 heterocycles. The summed E-state index contributed by atoms with van der Waals surface area (Å²) in [5, 5.41) is 2.75. The van der Waals surface area contributed by atoms with E-state index in [4.69, 9.17) is 16.3 Å². The lowest BCUT2D eigenvalue weighted by Gasteiger charge is -2.07. The van der Waals surface area contributed by atoms with Crippen LogP contribution in [0, 0.1) is 0 Å². The van der Waals surface area contributed by atoms with Crippen molar-refractivity contribution in [3.05, 3.63) is 59.5 Å². The van der Waals surface area contributed by atoms with Gasteiger partial charge in [-0.3, -0.25) is 0 Å². The summed E-state index contributed by atoms with van der Waals surface area (Å²) in [4.78, 5) is 8.71. The summed E-state index contributed by atoms with van der Waals surface area (Å²) in [5.41, 5.74) is 0. The Hall–Kier alpha value is -2.13. The van der Waals surface area contributed by atoms with Gasteiger partial charge in [0.05, 0.1) is 0 Å². The quantitative estimate of drug-likeness (QED) is 0.641. The molecule has 1 aromatic heterocycles. The highest BCUT2D eigenvalue weighted by Gasteiger charge is 2.27. The minimum atomic E-state index is 0.433. The van der Waals surface area contributed by atoms with E-state index in [-0.39, 0.29) is 0 Å². The molecule has 1 saturated carbocycles. The molecule has 0 radical (unpaired) electrons. The lowest BCUT2D eigenvalue weighted by Crippen LogP contribution is -1.96. The van der Waals surface area contributed by atoms with Gasteiger partial charge in [-0.1, -0.05) is 41.9 Å². The zero-order valence-corrected chi connectivity index (χ0v) is 12.0. The Labute approximate surface area is 127 Å². The molecule has 0 amide bonds. The molecule has 0 saturated heterocycles. The number of halogens is 1. The molecule has 0 spiro atoms. The first-order valence-electron chi connectivity index (χ1n) is 6.99. The number of ether oxygens (including phenoxy) is 1. The van der Waals surface area contributed by atoms with Crippen LogP contribution < -0.4 is 4.74 Å². The van der Waals surface area contributed by atoms with Gasteiger partial charge in [-0.2, -0.15) is 4.98 Å². The van der Waals surface area contributed by atoms with Gasteiger partial charge in [-0.25, -0.2) is 4.98 Å². The van der Waals surface area contributed by atoms with E-state index >= 15 is 0 Å². The molecule has 21 heavy (non-hydrogen) atoms. The largest absolute Gasteiger partial charge is 0.439 e. The molecule has 4 heteroatoms. The number of hydrogen-bond acceptors (Lipinski definition) is 3. The fourth-order valence-electron chi connectivity index (χ4n) is 2.34. The summed E-state index contributed by atoms with van der Waals surface area (Å²) >= 11 is 6.05. The molecular formula is C17H13ClN2O. The molecule has 1 aliphatic rings. The van der Waals surface area contributed by atoms with Crippen LogP contribution in [0.5, 0.6) is 11.6 Å². The van der Waals surface area contributed by atoms with Gasteiger partial charge in [0.1, 0.15) is 16.7 Å². The first-order chi connectivity index (χ1) is 10.3. The van der Waals surface area contributed by atoms with Gasteiger partial charge in [0.15, 0.2) is 0 Å². The van der Waals surface area contributed by atoms with Crippen LogP contribution in [0.15, 0.2) is 48.5 Å².